The van der Waals surface area contributed by atoms with Crippen LogP contribution in [0, 0.1) is 0 Å². The first kappa shape index (κ1) is 15.1. The number of rotatable bonds is 6. The van der Waals surface area contributed by atoms with Crippen LogP contribution < -0.4 is 4.74 Å². The smallest absolute Gasteiger partial charge is 0.325 e. The van der Waals surface area contributed by atoms with E-state index >= 15 is 0 Å². The van der Waals surface area contributed by atoms with Gasteiger partial charge < -0.3 is 14.4 Å². The van der Waals surface area contributed by atoms with E-state index in [1.54, 1.807) is 25.1 Å². The van der Waals surface area contributed by atoms with Crippen LogP contribution in [0.25, 0.3) is 0 Å². The molecular formula is C16H19NO4. The molecule has 1 amide bonds. The third-order valence-electron chi connectivity index (χ3n) is 3.20. The molecule has 1 aliphatic heterocycles. The Hall–Kier alpha value is -2.30. The summed E-state index contributed by atoms with van der Waals surface area (Å²) in [7, 11) is 0. The van der Waals surface area contributed by atoms with Crippen molar-refractivity contribution in [3.05, 3.63) is 42.0 Å². The van der Waals surface area contributed by atoms with Crippen molar-refractivity contribution >= 4 is 11.9 Å². The highest BCUT2D eigenvalue weighted by Gasteiger charge is 2.21. The predicted octanol–water partition coefficient (Wildman–Crippen LogP) is 1.81. The summed E-state index contributed by atoms with van der Waals surface area (Å²) in [6.07, 6.45) is 2.39. The standard InChI is InChI=1S/C16H19NO4/c1-3-8-17(11-15(18)20-4-2)16(19)13-5-6-14-12(10-13)7-9-21-14/h3,5-6,10H,1,4,7-9,11H2,2H3. The summed E-state index contributed by atoms with van der Waals surface area (Å²) >= 11 is 0. The van der Waals surface area contributed by atoms with Crippen molar-refractivity contribution in [2.75, 3.05) is 26.3 Å². The molecule has 1 aromatic carbocycles. The molecule has 1 aliphatic rings. The molecule has 0 aliphatic carbocycles. The van der Waals surface area contributed by atoms with Crippen molar-refractivity contribution in [2.45, 2.75) is 13.3 Å². The van der Waals surface area contributed by atoms with E-state index in [0.29, 0.717) is 25.3 Å². The zero-order valence-electron chi connectivity index (χ0n) is 12.1. The Balaban J connectivity index is 2.13. The van der Waals surface area contributed by atoms with E-state index < -0.39 is 5.97 Å². The fourth-order valence-corrected chi connectivity index (χ4v) is 2.24. The van der Waals surface area contributed by atoms with E-state index in [4.69, 9.17) is 9.47 Å². The number of esters is 1. The monoisotopic (exact) mass is 289 g/mol. The SMILES string of the molecule is C=CCN(CC(=O)OCC)C(=O)c1ccc2c(c1)CCO2. The average Bonchev–Trinajstić information content (AvgIpc) is 2.93. The Morgan fingerprint density at radius 1 is 1.48 bits per heavy atom. The van der Waals surface area contributed by atoms with Crippen LogP contribution in [0.3, 0.4) is 0 Å². The van der Waals surface area contributed by atoms with Gasteiger partial charge in [-0.3, -0.25) is 9.59 Å². The van der Waals surface area contributed by atoms with Gasteiger partial charge in [0.1, 0.15) is 12.3 Å². The van der Waals surface area contributed by atoms with Crippen LogP contribution in [0.4, 0.5) is 0 Å². The summed E-state index contributed by atoms with van der Waals surface area (Å²) in [5.41, 5.74) is 1.57. The zero-order valence-corrected chi connectivity index (χ0v) is 12.1. The van der Waals surface area contributed by atoms with E-state index in [0.717, 1.165) is 17.7 Å². The summed E-state index contributed by atoms with van der Waals surface area (Å²) < 4.78 is 10.3. The highest BCUT2D eigenvalue weighted by molar-refractivity contribution is 5.96. The minimum absolute atomic E-state index is 0.0771. The third-order valence-corrected chi connectivity index (χ3v) is 3.20. The third kappa shape index (κ3) is 3.62. The molecule has 0 spiro atoms. The van der Waals surface area contributed by atoms with Gasteiger partial charge in [-0.05, 0) is 30.7 Å². The van der Waals surface area contributed by atoms with Gasteiger partial charge in [0.25, 0.3) is 5.91 Å². The second-order valence-electron chi connectivity index (χ2n) is 4.70. The van der Waals surface area contributed by atoms with Gasteiger partial charge in [-0.1, -0.05) is 6.08 Å². The first-order chi connectivity index (χ1) is 10.2. The highest BCUT2D eigenvalue weighted by atomic mass is 16.5. The van der Waals surface area contributed by atoms with Gasteiger partial charge in [-0.25, -0.2) is 0 Å². The summed E-state index contributed by atoms with van der Waals surface area (Å²) in [5.74, 6) is 0.196. The lowest BCUT2D eigenvalue weighted by molar-refractivity contribution is -0.143. The molecule has 0 N–H and O–H groups in total. The van der Waals surface area contributed by atoms with Crippen LogP contribution in [0.15, 0.2) is 30.9 Å². The van der Waals surface area contributed by atoms with Gasteiger partial charge >= 0.3 is 5.97 Å². The van der Waals surface area contributed by atoms with E-state index in [-0.39, 0.29) is 12.5 Å². The Bertz CT molecular complexity index is 553. The van der Waals surface area contributed by atoms with E-state index in [1.807, 2.05) is 6.07 Å². The fourth-order valence-electron chi connectivity index (χ4n) is 2.24. The van der Waals surface area contributed by atoms with Crippen molar-refractivity contribution in [1.82, 2.24) is 4.90 Å². The molecule has 1 heterocycles. The topological polar surface area (TPSA) is 55.8 Å². The Morgan fingerprint density at radius 2 is 2.29 bits per heavy atom. The van der Waals surface area contributed by atoms with Gasteiger partial charge in [0.2, 0.25) is 0 Å². The van der Waals surface area contributed by atoms with Crippen molar-refractivity contribution in [1.29, 1.82) is 0 Å². The molecule has 0 saturated heterocycles. The maximum Gasteiger partial charge on any atom is 0.325 e. The van der Waals surface area contributed by atoms with E-state index in [1.165, 1.54) is 4.90 Å². The lowest BCUT2D eigenvalue weighted by atomic mass is 10.1. The second-order valence-corrected chi connectivity index (χ2v) is 4.70. The van der Waals surface area contributed by atoms with Crippen LogP contribution in [0.5, 0.6) is 5.75 Å². The average molecular weight is 289 g/mol. The van der Waals surface area contributed by atoms with Crippen LogP contribution in [-0.2, 0) is 16.0 Å². The van der Waals surface area contributed by atoms with Crippen molar-refractivity contribution in [3.8, 4) is 5.75 Å². The quantitative estimate of drug-likeness (QED) is 0.592. The predicted molar refractivity (Wildman–Crippen MR) is 78.4 cm³/mol. The molecule has 0 atom stereocenters. The molecule has 5 heteroatoms. The molecule has 0 bridgehead atoms. The number of amides is 1. The van der Waals surface area contributed by atoms with Crippen molar-refractivity contribution < 1.29 is 19.1 Å². The molecular weight excluding hydrogens is 270 g/mol. The van der Waals surface area contributed by atoms with Crippen LogP contribution in [0.2, 0.25) is 0 Å². The number of ether oxygens (including phenoxy) is 2. The number of hydrogen-bond donors (Lipinski definition) is 0. The largest absolute Gasteiger partial charge is 0.493 e. The van der Waals surface area contributed by atoms with Crippen LogP contribution >= 0.6 is 0 Å². The van der Waals surface area contributed by atoms with Gasteiger partial charge in [-0.15, -0.1) is 6.58 Å². The maximum absolute atomic E-state index is 12.5. The normalized spacial score (nSPS) is 12.2. The van der Waals surface area contributed by atoms with Crippen molar-refractivity contribution in [2.24, 2.45) is 0 Å². The Kier molecular flexibility index (Phi) is 4.98. The van der Waals surface area contributed by atoms with Gasteiger partial charge in [0, 0.05) is 18.5 Å². The zero-order chi connectivity index (χ0) is 15.2. The molecule has 0 saturated carbocycles. The van der Waals surface area contributed by atoms with Gasteiger partial charge in [-0.2, -0.15) is 0 Å². The molecule has 21 heavy (non-hydrogen) atoms. The Morgan fingerprint density at radius 3 is 3.00 bits per heavy atom. The van der Waals surface area contributed by atoms with E-state index in [2.05, 4.69) is 6.58 Å². The number of benzene rings is 1. The molecule has 0 unspecified atom stereocenters. The summed E-state index contributed by atoms with van der Waals surface area (Å²) in [5, 5.41) is 0. The van der Waals surface area contributed by atoms with Crippen molar-refractivity contribution in [3.63, 3.8) is 0 Å². The van der Waals surface area contributed by atoms with Gasteiger partial charge in [0.05, 0.1) is 13.2 Å². The summed E-state index contributed by atoms with van der Waals surface area (Å²) in [6.45, 7) is 6.52. The van der Waals surface area contributed by atoms with Crippen LogP contribution in [0.1, 0.15) is 22.8 Å². The molecule has 112 valence electrons. The first-order valence-corrected chi connectivity index (χ1v) is 6.97. The van der Waals surface area contributed by atoms with Gasteiger partial charge in [0.15, 0.2) is 0 Å². The molecule has 0 fully saturated rings. The number of fused-ring (bicyclic) bond motifs is 1. The summed E-state index contributed by atoms with van der Waals surface area (Å²) in [4.78, 5) is 25.5. The molecule has 2 rings (SSSR count). The number of carbonyl (C=O) groups is 2. The maximum atomic E-state index is 12.5. The highest BCUT2D eigenvalue weighted by Crippen LogP contribution is 2.26. The molecule has 5 nitrogen and oxygen atoms in total. The van der Waals surface area contributed by atoms with Crippen LogP contribution in [-0.4, -0.2) is 43.1 Å². The summed E-state index contributed by atoms with van der Waals surface area (Å²) in [6, 6.07) is 5.34. The second kappa shape index (κ2) is 6.92. The van der Waals surface area contributed by atoms with E-state index in [9.17, 15) is 9.59 Å². The minimum atomic E-state index is -0.419. The molecule has 0 aromatic heterocycles. The molecule has 0 radical (unpaired) electrons. The first-order valence-electron chi connectivity index (χ1n) is 6.97. The lowest BCUT2D eigenvalue weighted by Crippen LogP contribution is -2.36. The molecule has 1 aromatic rings. The number of carbonyl (C=O) groups excluding carboxylic acids is 2. The number of nitrogens with zero attached hydrogens (tertiary/aromatic N) is 1. The fraction of sp³-hybridized carbons (Fsp3) is 0.375. The number of hydrogen-bond acceptors (Lipinski definition) is 4. The lowest BCUT2D eigenvalue weighted by Gasteiger charge is -2.20. The minimum Gasteiger partial charge on any atom is -0.493 e. The Labute approximate surface area is 124 Å².